The van der Waals surface area contributed by atoms with E-state index in [9.17, 15) is 19.5 Å². The summed E-state index contributed by atoms with van der Waals surface area (Å²) in [6.45, 7) is 10.5. The first-order valence-corrected chi connectivity index (χ1v) is 25.3. The van der Waals surface area contributed by atoms with Crippen LogP contribution in [-0.4, -0.2) is 100 Å². The van der Waals surface area contributed by atoms with E-state index in [1.54, 1.807) is 16.9 Å². The number of nitrogens with one attached hydrogen (secondary N) is 4. The Morgan fingerprint density at radius 1 is 0.885 bits per heavy atom. The number of ether oxygens (including phenoxy) is 2. The second-order valence-corrected chi connectivity index (χ2v) is 23.0. The molecule has 0 saturated carbocycles. The van der Waals surface area contributed by atoms with Gasteiger partial charge in [0.15, 0.2) is 5.60 Å². The molecule has 2 unspecified atom stereocenters. The molecule has 4 saturated heterocycles. The molecule has 5 N–H and O–H groups in total. The third-order valence-electron chi connectivity index (χ3n) is 14.3. The smallest absolute Gasteiger partial charge is 0.264 e. The Labute approximate surface area is 360 Å². The van der Waals surface area contributed by atoms with Crippen molar-refractivity contribution in [1.29, 1.82) is 0 Å². The first kappa shape index (κ1) is 43.1. The highest BCUT2D eigenvalue weighted by molar-refractivity contribution is 6.91. The van der Waals surface area contributed by atoms with Crippen LogP contribution in [0.25, 0.3) is 0 Å². The molecule has 0 radical (unpaired) electrons. The molecular weight excluding hydrogens is 789 g/mol. The summed E-state index contributed by atoms with van der Waals surface area (Å²) in [5.41, 5.74) is 1.94. The molecule has 5 aliphatic heterocycles. The second-order valence-electron chi connectivity index (χ2n) is 18.3. The number of hydrogen-bond acceptors (Lipinski definition) is 9. The van der Waals surface area contributed by atoms with E-state index >= 15 is 4.79 Å². The fourth-order valence-corrected chi connectivity index (χ4v) is 14.9. The van der Waals surface area contributed by atoms with Crippen molar-refractivity contribution in [1.82, 2.24) is 15.5 Å². The lowest BCUT2D eigenvalue weighted by Crippen LogP contribution is -2.52. The number of anilines is 3. The summed E-state index contributed by atoms with van der Waals surface area (Å²) in [7, 11) is -0.915. The number of hydrogen-bond donors (Lipinski definition) is 5. The number of likely N-dealkylation sites (tertiary alicyclic amines) is 1. The summed E-state index contributed by atoms with van der Waals surface area (Å²) in [6, 6.07) is 21.2. The lowest BCUT2D eigenvalue weighted by molar-refractivity contribution is -0.150. The van der Waals surface area contributed by atoms with Crippen LogP contribution < -0.4 is 36.1 Å². The van der Waals surface area contributed by atoms with Crippen LogP contribution in [0.1, 0.15) is 63.0 Å². The molecule has 5 aliphatic rings. The molecule has 13 nitrogen and oxygen atoms in total. The fourth-order valence-electron chi connectivity index (χ4n) is 10.9. The molecule has 14 heteroatoms. The lowest BCUT2D eigenvalue weighted by Gasteiger charge is -2.37. The van der Waals surface area contributed by atoms with Crippen LogP contribution in [0.5, 0.6) is 5.75 Å². The molecule has 0 bridgehead atoms. The van der Waals surface area contributed by atoms with E-state index in [1.165, 1.54) is 0 Å². The van der Waals surface area contributed by atoms with Crippen molar-refractivity contribution in [3.05, 3.63) is 77.9 Å². The average molecular weight is 851 g/mol. The summed E-state index contributed by atoms with van der Waals surface area (Å²) in [4.78, 5) is 60.0. The number of carbonyl (C=O) groups is 4. The zero-order chi connectivity index (χ0) is 42.9. The predicted octanol–water partition coefficient (Wildman–Crippen LogP) is 4.71. The maximum absolute atomic E-state index is 15.6. The van der Waals surface area contributed by atoms with Crippen molar-refractivity contribution in [2.75, 3.05) is 62.0 Å². The summed E-state index contributed by atoms with van der Waals surface area (Å²) in [6.07, 6.45) is 4.62. The third-order valence-corrected chi connectivity index (χ3v) is 18.6. The molecule has 7 atom stereocenters. The standard InChI is InChI=1S/C47H62N6O7Si/c1-30-43(61(3,4)38-18-16-37(59-2)17-19-38)41(25-42(55)52-23-7-10-36(52)29-54)60-47(30)39-24-35(51-45(57)33-9-6-22-49-27-33)15-20-40(39)53(46(47)58)28-31-11-13-34(14-12-31)50-44(56)32-8-5-21-48-26-32/h11-20,24,30,32-33,36,41,43,48-49,54H,5-10,21-23,25-29H2,1-4H3,(H,50,56)(H,51,57)/t30-,32?,33?,36-,41+,43-,47+/m0/s1. The zero-order valence-corrected chi connectivity index (χ0v) is 37.0. The van der Waals surface area contributed by atoms with Gasteiger partial charge in [-0.25, -0.2) is 0 Å². The van der Waals surface area contributed by atoms with E-state index in [0.29, 0.717) is 42.3 Å². The number of piperidine rings is 2. The van der Waals surface area contributed by atoms with Gasteiger partial charge in [-0.1, -0.05) is 49.5 Å². The van der Waals surface area contributed by atoms with E-state index in [0.717, 1.165) is 68.1 Å². The van der Waals surface area contributed by atoms with Gasteiger partial charge in [0.05, 0.1) is 64.4 Å². The van der Waals surface area contributed by atoms with Crippen molar-refractivity contribution < 1.29 is 33.8 Å². The van der Waals surface area contributed by atoms with Gasteiger partial charge in [0, 0.05) is 42.5 Å². The SMILES string of the molecule is COc1ccc([Si](C)(C)[C@@H]2[C@@H](CC(=O)N3CCC[C@H]3CO)O[C@]3(C(=O)N(Cc4ccc(NC(=O)C5CCCNC5)cc4)c4ccc(NC(=O)C5CCCNC5)cc43)[C@H]2C)cc1. The molecule has 326 valence electrons. The molecule has 3 aromatic rings. The molecule has 5 heterocycles. The minimum atomic E-state index is -2.56. The monoisotopic (exact) mass is 850 g/mol. The van der Waals surface area contributed by atoms with Gasteiger partial charge < -0.3 is 45.6 Å². The molecule has 61 heavy (non-hydrogen) atoms. The molecule has 8 rings (SSSR count). The number of carbonyl (C=O) groups excluding carboxylic acids is 4. The van der Waals surface area contributed by atoms with Crippen molar-refractivity contribution in [3.8, 4) is 5.75 Å². The molecule has 0 aliphatic carbocycles. The molecule has 3 aromatic carbocycles. The zero-order valence-electron chi connectivity index (χ0n) is 36.0. The molecule has 4 amide bonds. The minimum Gasteiger partial charge on any atom is -0.497 e. The summed E-state index contributed by atoms with van der Waals surface area (Å²) < 4.78 is 12.8. The number of methoxy groups -OCH3 is 1. The first-order chi connectivity index (χ1) is 29.4. The maximum Gasteiger partial charge on any atom is 0.264 e. The largest absolute Gasteiger partial charge is 0.497 e. The molecule has 1 spiro atoms. The van der Waals surface area contributed by atoms with Crippen LogP contribution in [0.3, 0.4) is 0 Å². The van der Waals surface area contributed by atoms with Crippen molar-refractivity contribution in [2.45, 2.75) is 94.8 Å². The Kier molecular flexibility index (Phi) is 12.7. The van der Waals surface area contributed by atoms with Gasteiger partial charge in [-0.2, -0.15) is 0 Å². The van der Waals surface area contributed by atoms with Gasteiger partial charge in [-0.05, 0) is 105 Å². The minimum absolute atomic E-state index is 0.000807. The normalized spacial score (nSPS) is 27.6. The van der Waals surface area contributed by atoms with Crippen molar-refractivity contribution in [3.63, 3.8) is 0 Å². The Hall–Kier alpha value is -4.60. The van der Waals surface area contributed by atoms with Gasteiger partial charge in [0.25, 0.3) is 5.91 Å². The number of fused-ring (bicyclic) bond motifs is 2. The second kappa shape index (κ2) is 18.0. The van der Waals surface area contributed by atoms with E-state index in [-0.39, 0.29) is 72.5 Å². The number of benzene rings is 3. The van der Waals surface area contributed by atoms with Crippen LogP contribution in [0.4, 0.5) is 17.1 Å². The van der Waals surface area contributed by atoms with Crippen LogP contribution in [0, 0.1) is 17.8 Å². The Bertz CT molecular complexity index is 2090. The Balaban J connectivity index is 1.16. The van der Waals surface area contributed by atoms with Crippen molar-refractivity contribution in [2.24, 2.45) is 17.8 Å². The van der Waals surface area contributed by atoms with Crippen LogP contribution in [0.2, 0.25) is 18.6 Å². The lowest BCUT2D eigenvalue weighted by atomic mass is 9.82. The average Bonchev–Trinajstić information content (AvgIpc) is 3.95. The Morgan fingerprint density at radius 2 is 1.52 bits per heavy atom. The van der Waals surface area contributed by atoms with E-state index in [4.69, 9.17) is 9.47 Å². The molecule has 0 aromatic heterocycles. The van der Waals surface area contributed by atoms with E-state index < -0.39 is 19.8 Å². The van der Waals surface area contributed by atoms with Gasteiger partial charge in [-0.15, -0.1) is 0 Å². The number of aliphatic hydroxyl groups excluding tert-OH is 1. The van der Waals surface area contributed by atoms with Gasteiger partial charge in [-0.3, -0.25) is 19.2 Å². The van der Waals surface area contributed by atoms with Gasteiger partial charge in [0.2, 0.25) is 17.7 Å². The highest BCUT2D eigenvalue weighted by Crippen LogP contribution is 2.60. The topological polar surface area (TPSA) is 162 Å². The van der Waals surface area contributed by atoms with Crippen LogP contribution in [0.15, 0.2) is 66.7 Å². The quantitative estimate of drug-likeness (QED) is 0.163. The van der Waals surface area contributed by atoms with Gasteiger partial charge in [0.1, 0.15) is 5.75 Å². The third kappa shape index (κ3) is 8.37. The van der Waals surface area contributed by atoms with Gasteiger partial charge >= 0.3 is 0 Å². The fraction of sp³-hybridized carbons (Fsp3) is 0.532. The highest BCUT2D eigenvalue weighted by atomic mass is 28.3. The summed E-state index contributed by atoms with van der Waals surface area (Å²) in [5.74, 6) is -0.183. The van der Waals surface area contributed by atoms with Crippen LogP contribution in [-0.2, 0) is 36.1 Å². The Morgan fingerprint density at radius 3 is 2.13 bits per heavy atom. The number of amides is 4. The molecular formula is C47H62N6O7Si. The number of aliphatic hydroxyl groups is 1. The van der Waals surface area contributed by atoms with E-state index in [2.05, 4.69) is 53.4 Å². The maximum atomic E-state index is 15.6. The number of nitrogens with zero attached hydrogens (tertiary/aromatic N) is 2. The first-order valence-electron chi connectivity index (χ1n) is 22.3. The predicted molar refractivity (Wildman–Crippen MR) is 239 cm³/mol. The summed E-state index contributed by atoms with van der Waals surface area (Å²) in [5, 5.41) is 24.2. The highest BCUT2D eigenvalue weighted by Gasteiger charge is 2.66. The summed E-state index contributed by atoms with van der Waals surface area (Å²) >= 11 is 0. The number of rotatable bonds is 12. The van der Waals surface area contributed by atoms with E-state index in [1.807, 2.05) is 54.6 Å². The van der Waals surface area contributed by atoms with Crippen molar-refractivity contribution >= 4 is 54.0 Å². The van der Waals surface area contributed by atoms with Crippen LogP contribution >= 0.6 is 0 Å². The molecule has 4 fully saturated rings.